The third kappa shape index (κ3) is 1.99. The van der Waals surface area contributed by atoms with Crippen LogP contribution in [0.1, 0.15) is 18.9 Å². The molecule has 0 bridgehead atoms. The standard InChI is InChI=1S/C12H15N3O3S/c1-4-5-14-9(16)8-7(2)6-19-10(8)15(12(14)18)11(17)13-3/h6H,4-5H2,1-3H3,(H,13,17). The fourth-order valence-electron chi connectivity index (χ4n) is 2.00. The van der Waals surface area contributed by atoms with Crippen LogP contribution in [-0.2, 0) is 6.54 Å². The zero-order valence-electron chi connectivity index (χ0n) is 11.0. The van der Waals surface area contributed by atoms with Gasteiger partial charge in [0.25, 0.3) is 5.56 Å². The fourth-order valence-corrected chi connectivity index (χ4v) is 3.04. The van der Waals surface area contributed by atoms with E-state index < -0.39 is 11.7 Å². The summed E-state index contributed by atoms with van der Waals surface area (Å²) in [5.74, 6) is 0. The van der Waals surface area contributed by atoms with E-state index in [0.717, 1.165) is 14.7 Å². The summed E-state index contributed by atoms with van der Waals surface area (Å²) in [4.78, 5) is 36.9. The number of aryl methyl sites for hydroxylation is 1. The molecule has 19 heavy (non-hydrogen) atoms. The van der Waals surface area contributed by atoms with Crippen LogP contribution in [0.2, 0.25) is 0 Å². The molecule has 0 aliphatic carbocycles. The van der Waals surface area contributed by atoms with Crippen molar-refractivity contribution in [3.8, 4) is 0 Å². The summed E-state index contributed by atoms with van der Waals surface area (Å²) in [6.07, 6.45) is 0.650. The number of fused-ring (bicyclic) bond motifs is 1. The van der Waals surface area contributed by atoms with E-state index >= 15 is 0 Å². The Morgan fingerprint density at radius 2 is 2.11 bits per heavy atom. The van der Waals surface area contributed by atoms with Gasteiger partial charge in [0.1, 0.15) is 4.83 Å². The van der Waals surface area contributed by atoms with Gasteiger partial charge in [0.05, 0.1) is 5.39 Å². The van der Waals surface area contributed by atoms with Crippen molar-refractivity contribution in [1.29, 1.82) is 0 Å². The Hall–Kier alpha value is -1.89. The summed E-state index contributed by atoms with van der Waals surface area (Å²) in [6.45, 7) is 3.98. The SMILES string of the molecule is CCCn1c(=O)c2c(C)csc2n(C(=O)NC)c1=O. The molecule has 102 valence electrons. The summed E-state index contributed by atoms with van der Waals surface area (Å²) < 4.78 is 2.15. The van der Waals surface area contributed by atoms with E-state index in [-0.39, 0.29) is 5.56 Å². The Bertz CT molecular complexity index is 754. The summed E-state index contributed by atoms with van der Waals surface area (Å²) in [5.41, 5.74) is -0.117. The van der Waals surface area contributed by atoms with Crippen LogP contribution in [0, 0.1) is 6.92 Å². The lowest BCUT2D eigenvalue weighted by Crippen LogP contribution is -2.44. The first-order valence-electron chi connectivity index (χ1n) is 5.98. The molecule has 2 rings (SSSR count). The highest BCUT2D eigenvalue weighted by Gasteiger charge is 2.19. The molecule has 1 N–H and O–H groups in total. The second-order valence-electron chi connectivity index (χ2n) is 4.23. The number of carbonyl (C=O) groups excluding carboxylic acids is 1. The molecule has 0 atom stereocenters. The minimum atomic E-state index is -0.583. The van der Waals surface area contributed by atoms with Gasteiger partial charge in [-0.1, -0.05) is 6.92 Å². The third-order valence-corrected chi connectivity index (χ3v) is 3.99. The molecular weight excluding hydrogens is 266 g/mol. The zero-order valence-corrected chi connectivity index (χ0v) is 11.8. The predicted molar refractivity (Wildman–Crippen MR) is 75.2 cm³/mol. The van der Waals surface area contributed by atoms with Crippen LogP contribution in [0.15, 0.2) is 15.0 Å². The lowest BCUT2D eigenvalue weighted by molar-refractivity contribution is 0.243. The van der Waals surface area contributed by atoms with Gasteiger partial charge < -0.3 is 5.32 Å². The molecule has 0 unspecified atom stereocenters. The molecule has 0 aliphatic heterocycles. The lowest BCUT2D eigenvalue weighted by Gasteiger charge is -2.09. The average molecular weight is 281 g/mol. The Labute approximate surface area is 113 Å². The topological polar surface area (TPSA) is 73.1 Å². The van der Waals surface area contributed by atoms with Crippen molar-refractivity contribution < 1.29 is 4.79 Å². The molecule has 2 aromatic rings. The van der Waals surface area contributed by atoms with Crippen LogP contribution >= 0.6 is 11.3 Å². The summed E-state index contributed by atoms with van der Waals surface area (Å²) >= 11 is 1.23. The van der Waals surface area contributed by atoms with Gasteiger partial charge in [-0.3, -0.25) is 9.36 Å². The van der Waals surface area contributed by atoms with Crippen molar-refractivity contribution in [3.63, 3.8) is 0 Å². The molecule has 2 heterocycles. The van der Waals surface area contributed by atoms with Crippen LogP contribution in [0.5, 0.6) is 0 Å². The van der Waals surface area contributed by atoms with Crippen LogP contribution in [0.4, 0.5) is 4.79 Å². The quantitative estimate of drug-likeness (QED) is 0.897. The van der Waals surface area contributed by atoms with E-state index in [0.29, 0.717) is 23.2 Å². The number of nitrogens with zero attached hydrogens (tertiary/aromatic N) is 2. The highest BCUT2D eigenvalue weighted by Crippen LogP contribution is 2.20. The number of hydrogen-bond acceptors (Lipinski definition) is 4. The maximum absolute atomic E-state index is 12.3. The van der Waals surface area contributed by atoms with Crippen molar-refractivity contribution >= 4 is 27.6 Å². The molecule has 0 radical (unpaired) electrons. The number of rotatable bonds is 2. The van der Waals surface area contributed by atoms with E-state index in [9.17, 15) is 14.4 Å². The second kappa shape index (κ2) is 5.00. The van der Waals surface area contributed by atoms with Crippen molar-refractivity contribution in [2.24, 2.45) is 0 Å². The first-order chi connectivity index (χ1) is 9.02. The van der Waals surface area contributed by atoms with Gasteiger partial charge >= 0.3 is 11.7 Å². The minimum absolute atomic E-state index is 0.305. The Morgan fingerprint density at radius 1 is 1.42 bits per heavy atom. The smallest absolute Gasteiger partial charge is 0.340 e. The van der Waals surface area contributed by atoms with Crippen molar-refractivity contribution in [2.75, 3.05) is 7.05 Å². The predicted octanol–water partition coefficient (Wildman–Crippen LogP) is 1.13. The Balaban J connectivity index is 2.98. The minimum Gasteiger partial charge on any atom is -0.340 e. The molecule has 0 saturated carbocycles. The van der Waals surface area contributed by atoms with E-state index in [4.69, 9.17) is 0 Å². The fraction of sp³-hybridized carbons (Fsp3) is 0.417. The monoisotopic (exact) mass is 281 g/mol. The Morgan fingerprint density at radius 3 is 2.68 bits per heavy atom. The van der Waals surface area contributed by atoms with Gasteiger partial charge in [-0.25, -0.2) is 14.2 Å². The molecule has 7 heteroatoms. The second-order valence-corrected chi connectivity index (χ2v) is 5.09. The molecular formula is C12H15N3O3S. The van der Waals surface area contributed by atoms with Gasteiger partial charge in [-0.2, -0.15) is 0 Å². The molecule has 0 aromatic carbocycles. The molecule has 0 saturated heterocycles. The first kappa shape index (κ1) is 13.5. The molecule has 2 aromatic heterocycles. The lowest BCUT2D eigenvalue weighted by atomic mass is 10.2. The van der Waals surface area contributed by atoms with Gasteiger partial charge in [-0.05, 0) is 24.3 Å². The summed E-state index contributed by atoms with van der Waals surface area (Å²) in [6, 6.07) is -0.526. The normalized spacial score (nSPS) is 10.9. The number of aromatic nitrogens is 2. The van der Waals surface area contributed by atoms with E-state index in [1.165, 1.54) is 18.4 Å². The van der Waals surface area contributed by atoms with Crippen LogP contribution in [0.25, 0.3) is 10.2 Å². The first-order valence-corrected chi connectivity index (χ1v) is 6.86. The van der Waals surface area contributed by atoms with Crippen molar-refractivity contribution in [1.82, 2.24) is 14.5 Å². The largest absolute Gasteiger partial charge is 0.340 e. The highest BCUT2D eigenvalue weighted by atomic mass is 32.1. The third-order valence-electron chi connectivity index (χ3n) is 2.90. The molecule has 0 spiro atoms. The summed E-state index contributed by atoms with van der Waals surface area (Å²) in [7, 11) is 1.45. The van der Waals surface area contributed by atoms with Crippen molar-refractivity contribution in [3.05, 3.63) is 31.8 Å². The van der Waals surface area contributed by atoms with Crippen LogP contribution < -0.4 is 16.6 Å². The maximum atomic E-state index is 12.3. The van der Waals surface area contributed by atoms with Crippen LogP contribution in [0.3, 0.4) is 0 Å². The zero-order chi connectivity index (χ0) is 14.2. The molecule has 1 amide bonds. The van der Waals surface area contributed by atoms with E-state index in [1.807, 2.05) is 6.92 Å². The average Bonchev–Trinajstić information content (AvgIpc) is 2.76. The summed E-state index contributed by atoms with van der Waals surface area (Å²) in [5, 5.41) is 4.65. The maximum Gasteiger partial charge on any atom is 0.340 e. The van der Waals surface area contributed by atoms with Gasteiger partial charge in [-0.15, -0.1) is 11.3 Å². The number of nitrogens with one attached hydrogen (secondary N) is 1. The van der Waals surface area contributed by atoms with E-state index in [2.05, 4.69) is 5.32 Å². The van der Waals surface area contributed by atoms with Gasteiger partial charge in [0.15, 0.2) is 0 Å². The van der Waals surface area contributed by atoms with Gasteiger partial charge in [0.2, 0.25) is 0 Å². The number of carbonyl (C=O) groups is 1. The van der Waals surface area contributed by atoms with Gasteiger partial charge in [0, 0.05) is 13.6 Å². The number of thiophene rings is 1. The molecule has 0 fully saturated rings. The van der Waals surface area contributed by atoms with E-state index in [1.54, 1.807) is 12.3 Å². The van der Waals surface area contributed by atoms with Crippen LogP contribution in [-0.4, -0.2) is 22.2 Å². The van der Waals surface area contributed by atoms with Crippen molar-refractivity contribution in [2.45, 2.75) is 26.8 Å². The number of amides is 1. The Kier molecular flexibility index (Phi) is 3.57. The molecule has 0 aliphatic rings. The number of hydrogen-bond donors (Lipinski definition) is 1. The molecule has 6 nitrogen and oxygen atoms in total. The highest BCUT2D eigenvalue weighted by molar-refractivity contribution is 7.17.